The van der Waals surface area contributed by atoms with E-state index in [0.29, 0.717) is 0 Å². The van der Waals surface area contributed by atoms with Crippen LogP contribution in [0.5, 0.6) is 0 Å². The summed E-state index contributed by atoms with van der Waals surface area (Å²) in [5, 5.41) is 6.09. The molecule has 20 heavy (non-hydrogen) atoms. The van der Waals surface area contributed by atoms with E-state index in [-0.39, 0.29) is 5.91 Å². The van der Waals surface area contributed by atoms with Crippen LogP contribution in [-0.2, 0) is 11.2 Å². The molecule has 1 aliphatic rings. The highest BCUT2D eigenvalue weighted by Crippen LogP contribution is 2.25. The molecule has 0 aliphatic carbocycles. The van der Waals surface area contributed by atoms with E-state index < -0.39 is 0 Å². The van der Waals surface area contributed by atoms with Crippen molar-refractivity contribution in [2.75, 3.05) is 17.2 Å². The number of fused-ring (bicyclic) bond motifs is 1. The van der Waals surface area contributed by atoms with E-state index in [9.17, 15) is 4.79 Å². The highest BCUT2D eigenvalue weighted by molar-refractivity contribution is 6.04. The van der Waals surface area contributed by atoms with Crippen LogP contribution in [0.4, 0.5) is 11.4 Å². The van der Waals surface area contributed by atoms with Crippen molar-refractivity contribution in [2.24, 2.45) is 0 Å². The highest BCUT2D eigenvalue weighted by atomic mass is 16.1. The Labute approximate surface area is 118 Å². The van der Waals surface area contributed by atoms with Gasteiger partial charge in [0.2, 0.25) is 0 Å². The topological polar surface area (TPSA) is 41.1 Å². The summed E-state index contributed by atoms with van der Waals surface area (Å²) in [7, 11) is 0. The van der Waals surface area contributed by atoms with Gasteiger partial charge in [0.25, 0.3) is 0 Å². The third kappa shape index (κ3) is 2.81. The van der Waals surface area contributed by atoms with Crippen molar-refractivity contribution in [3.05, 3.63) is 59.7 Å². The molecule has 2 aromatic carbocycles. The van der Waals surface area contributed by atoms with Crippen molar-refractivity contribution in [1.82, 2.24) is 0 Å². The van der Waals surface area contributed by atoms with Gasteiger partial charge in [-0.15, -0.1) is 0 Å². The third-order valence-electron chi connectivity index (χ3n) is 3.17. The molecule has 0 radical (unpaired) electrons. The van der Waals surface area contributed by atoms with Crippen LogP contribution in [-0.4, -0.2) is 12.5 Å². The summed E-state index contributed by atoms with van der Waals surface area (Å²) in [6, 6.07) is 15.3. The zero-order chi connectivity index (χ0) is 13.8. The van der Waals surface area contributed by atoms with Gasteiger partial charge in [-0.2, -0.15) is 0 Å². The lowest BCUT2D eigenvalue weighted by molar-refractivity contribution is -0.111. The van der Waals surface area contributed by atoms with Crippen LogP contribution in [0.2, 0.25) is 0 Å². The maximum atomic E-state index is 11.8. The number of carbonyl (C=O) groups is 1. The summed E-state index contributed by atoms with van der Waals surface area (Å²) >= 11 is 0. The molecule has 2 N–H and O–H groups in total. The van der Waals surface area contributed by atoms with E-state index >= 15 is 0 Å². The first-order valence-corrected chi connectivity index (χ1v) is 6.56. The second-order valence-electron chi connectivity index (χ2n) is 4.62. The van der Waals surface area contributed by atoms with Gasteiger partial charge in [-0.3, -0.25) is 4.79 Å². The van der Waals surface area contributed by atoms with E-state index in [0.717, 1.165) is 29.9 Å². The maximum absolute atomic E-state index is 11.8. The fraction of sp³-hybridized carbons (Fsp3) is 0.118. The van der Waals surface area contributed by atoms with Crippen molar-refractivity contribution in [1.29, 1.82) is 0 Å². The summed E-state index contributed by atoms with van der Waals surface area (Å²) in [6.45, 7) is 0.959. The number of hydrogen-bond acceptors (Lipinski definition) is 2. The average Bonchev–Trinajstić information content (AvgIpc) is 2.94. The Balaban J connectivity index is 1.69. The van der Waals surface area contributed by atoms with Crippen molar-refractivity contribution >= 4 is 17.3 Å². The zero-order valence-electron chi connectivity index (χ0n) is 10.9. The molecule has 2 aromatic rings. The smallest absolute Gasteiger partial charge is 0.300 e. The minimum atomic E-state index is -0.292. The lowest BCUT2D eigenvalue weighted by Gasteiger charge is -2.04. The van der Waals surface area contributed by atoms with Crippen molar-refractivity contribution in [3.8, 4) is 11.8 Å². The maximum Gasteiger partial charge on any atom is 0.300 e. The molecule has 1 heterocycles. The molecule has 0 bridgehead atoms. The van der Waals surface area contributed by atoms with Crippen LogP contribution in [0, 0.1) is 11.8 Å². The minimum absolute atomic E-state index is 0.292. The number of anilines is 2. The van der Waals surface area contributed by atoms with E-state index in [1.807, 2.05) is 48.5 Å². The summed E-state index contributed by atoms with van der Waals surface area (Å²) in [6.07, 6.45) is 0.995. The fourth-order valence-electron chi connectivity index (χ4n) is 2.20. The average molecular weight is 262 g/mol. The van der Waals surface area contributed by atoms with Crippen LogP contribution in [0.15, 0.2) is 48.5 Å². The van der Waals surface area contributed by atoms with Crippen LogP contribution in [0.25, 0.3) is 0 Å². The minimum Gasteiger partial charge on any atom is -0.384 e. The second kappa shape index (κ2) is 5.50. The molecule has 98 valence electrons. The molecule has 3 rings (SSSR count). The summed E-state index contributed by atoms with van der Waals surface area (Å²) < 4.78 is 0. The van der Waals surface area contributed by atoms with Gasteiger partial charge in [0.05, 0.1) is 0 Å². The van der Waals surface area contributed by atoms with Crippen molar-refractivity contribution in [2.45, 2.75) is 6.42 Å². The Morgan fingerprint density at radius 2 is 2.00 bits per heavy atom. The largest absolute Gasteiger partial charge is 0.384 e. The first kappa shape index (κ1) is 12.3. The molecule has 0 saturated heterocycles. The molecule has 3 heteroatoms. The van der Waals surface area contributed by atoms with E-state index in [1.165, 1.54) is 5.56 Å². The molecule has 0 unspecified atom stereocenters. The monoisotopic (exact) mass is 262 g/mol. The predicted molar refractivity (Wildman–Crippen MR) is 80.6 cm³/mol. The summed E-state index contributed by atoms with van der Waals surface area (Å²) in [5.41, 5.74) is 4.01. The molecule has 0 saturated carbocycles. The molecular weight excluding hydrogens is 248 g/mol. The number of rotatable bonds is 1. The summed E-state index contributed by atoms with van der Waals surface area (Å²) in [5.74, 6) is 5.15. The van der Waals surface area contributed by atoms with Crippen LogP contribution in [0.1, 0.15) is 11.1 Å². The first-order valence-electron chi connectivity index (χ1n) is 6.56. The van der Waals surface area contributed by atoms with E-state index in [4.69, 9.17) is 0 Å². The number of carbonyl (C=O) groups excluding carboxylic acids is 1. The van der Waals surface area contributed by atoms with Gasteiger partial charge < -0.3 is 10.6 Å². The van der Waals surface area contributed by atoms with Gasteiger partial charge in [-0.05, 0) is 42.3 Å². The lowest BCUT2D eigenvalue weighted by Crippen LogP contribution is -2.08. The van der Waals surface area contributed by atoms with E-state index in [1.54, 1.807) is 0 Å². The standard InChI is InChI=1S/C17H14N2O/c20-17(9-6-13-4-2-1-3-5-13)19-15-7-8-16-14(12-15)10-11-18-16/h1-5,7-8,12,18H,10-11H2,(H,19,20). The van der Waals surface area contributed by atoms with E-state index in [2.05, 4.69) is 22.5 Å². The Morgan fingerprint density at radius 1 is 1.15 bits per heavy atom. The predicted octanol–water partition coefficient (Wildman–Crippen LogP) is 2.64. The second-order valence-corrected chi connectivity index (χ2v) is 4.62. The van der Waals surface area contributed by atoms with Crippen LogP contribution in [0.3, 0.4) is 0 Å². The molecular formula is C17H14N2O. The molecule has 0 fully saturated rings. The van der Waals surface area contributed by atoms with Crippen LogP contribution < -0.4 is 10.6 Å². The number of nitrogens with one attached hydrogen (secondary N) is 2. The van der Waals surface area contributed by atoms with Crippen LogP contribution >= 0.6 is 0 Å². The lowest BCUT2D eigenvalue weighted by atomic mass is 10.1. The number of amides is 1. The number of hydrogen-bond donors (Lipinski definition) is 2. The normalized spacial score (nSPS) is 11.8. The van der Waals surface area contributed by atoms with Gasteiger partial charge in [0, 0.05) is 29.4 Å². The summed E-state index contributed by atoms with van der Waals surface area (Å²) in [4.78, 5) is 11.8. The Hall–Kier alpha value is -2.73. The highest BCUT2D eigenvalue weighted by Gasteiger charge is 2.10. The third-order valence-corrected chi connectivity index (χ3v) is 3.17. The van der Waals surface area contributed by atoms with Gasteiger partial charge in [0.1, 0.15) is 0 Å². The number of benzene rings is 2. The Kier molecular flexibility index (Phi) is 3.38. The van der Waals surface area contributed by atoms with Gasteiger partial charge >= 0.3 is 5.91 Å². The molecule has 1 aliphatic heterocycles. The zero-order valence-corrected chi connectivity index (χ0v) is 10.9. The van der Waals surface area contributed by atoms with Gasteiger partial charge in [-0.1, -0.05) is 24.1 Å². The molecule has 3 nitrogen and oxygen atoms in total. The first-order chi connectivity index (χ1) is 9.81. The molecule has 0 aromatic heterocycles. The van der Waals surface area contributed by atoms with Crippen molar-refractivity contribution < 1.29 is 4.79 Å². The Bertz CT molecular complexity index is 696. The molecule has 1 amide bonds. The van der Waals surface area contributed by atoms with Gasteiger partial charge in [-0.25, -0.2) is 0 Å². The molecule has 0 atom stereocenters. The Morgan fingerprint density at radius 3 is 2.85 bits per heavy atom. The quantitative estimate of drug-likeness (QED) is 0.776. The molecule has 0 spiro atoms. The fourth-order valence-corrected chi connectivity index (χ4v) is 2.20. The SMILES string of the molecule is O=C(C#Cc1ccccc1)Nc1ccc2c(c1)CCN2. The van der Waals surface area contributed by atoms with Crippen molar-refractivity contribution in [3.63, 3.8) is 0 Å². The van der Waals surface area contributed by atoms with Gasteiger partial charge in [0.15, 0.2) is 0 Å².